The normalized spacial score (nSPS) is 14.5. The van der Waals surface area contributed by atoms with E-state index in [9.17, 15) is 4.79 Å². The van der Waals surface area contributed by atoms with Gasteiger partial charge in [-0.25, -0.2) is 4.79 Å². The molecular formula is C25H27N7O2. The molecule has 0 unspecified atom stereocenters. The molecule has 0 spiro atoms. The van der Waals surface area contributed by atoms with Crippen molar-refractivity contribution in [2.24, 2.45) is 11.5 Å². The molecule has 3 aromatic carbocycles. The number of imidazole rings is 1. The van der Waals surface area contributed by atoms with Gasteiger partial charge in [0.05, 0.1) is 17.6 Å². The summed E-state index contributed by atoms with van der Waals surface area (Å²) in [5, 5.41) is 17.3. The fourth-order valence-corrected chi connectivity index (χ4v) is 4.51. The average Bonchev–Trinajstić information content (AvgIpc) is 3.13. The van der Waals surface area contributed by atoms with E-state index >= 15 is 0 Å². The van der Waals surface area contributed by atoms with Crippen LogP contribution in [0, 0.1) is 10.8 Å². The van der Waals surface area contributed by atoms with E-state index in [4.69, 9.17) is 27.0 Å². The highest BCUT2D eigenvalue weighted by molar-refractivity contribution is 5.99. The van der Waals surface area contributed by atoms with Crippen LogP contribution in [0.2, 0.25) is 0 Å². The molecule has 0 saturated carbocycles. The van der Waals surface area contributed by atoms with Crippen LogP contribution in [0.4, 0.5) is 0 Å². The van der Waals surface area contributed by atoms with Gasteiger partial charge in [-0.3, -0.25) is 15.4 Å². The first-order chi connectivity index (χ1) is 16.4. The number of ether oxygens (including phenoxy) is 1. The largest absolute Gasteiger partial charge is 0.490 e. The van der Waals surface area contributed by atoms with Crippen molar-refractivity contribution in [3.8, 4) is 5.75 Å². The maximum absolute atomic E-state index is 12.7. The molecule has 7 N–H and O–H groups in total. The molecule has 0 aliphatic carbocycles. The summed E-state index contributed by atoms with van der Waals surface area (Å²) >= 11 is 0. The monoisotopic (exact) mass is 457 g/mol. The SMILES string of the molecule is N=C(N)c1ccc2ccc(Cn3c(=O)[nH]c4ccc(OC5CCN(C(=N)N)CC5)cc43)cc2c1. The summed E-state index contributed by atoms with van der Waals surface area (Å²) in [6, 6.07) is 17.4. The fraction of sp³-hybridized carbons (Fsp3) is 0.240. The van der Waals surface area contributed by atoms with Gasteiger partial charge in [-0.05, 0) is 40.6 Å². The molecule has 5 rings (SSSR count). The number of likely N-dealkylation sites (tertiary alicyclic amines) is 1. The van der Waals surface area contributed by atoms with Crippen LogP contribution in [0.1, 0.15) is 24.0 Å². The predicted octanol–water partition coefficient (Wildman–Crippen LogP) is 2.55. The lowest BCUT2D eigenvalue weighted by molar-refractivity contribution is 0.130. The van der Waals surface area contributed by atoms with Gasteiger partial charge in [0.1, 0.15) is 17.7 Å². The first-order valence-electron chi connectivity index (χ1n) is 11.2. The number of rotatable bonds is 5. The van der Waals surface area contributed by atoms with Crippen LogP contribution >= 0.6 is 0 Å². The number of nitrogens with two attached hydrogens (primary N) is 2. The molecule has 1 aromatic heterocycles. The van der Waals surface area contributed by atoms with E-state index in [-0.39, 0.29) is 23.6 Å². The van der Waals surface area contributed by atoms with E-state index in [1.165, 1.54) is 0 Å². The number of nitrogen functional groups attached to an aromatic ring is 1. The lowest BCUT2D eigenvalue weighted by Crippen LogP contribution is -2.44. The third-order valence-corrected chi connectivity index (χ3v) is 6.39. The molecule has 1 fully saturated rings. The van der Waals surface area contributed by atoms with E-state index in [1.807, 2.05) is 59.5 Å². The Bertz CT molecular complexity index is 1460. The lowest BCUT2D eigenvalue weighted by atomic mass is 10.0. The summed E-state index contributed by atoms with van der Waals surface area (Å²) in [7, 11) is 0. The highest BCUT2D eigenvalue weighted by Gasteiger charge is 2.21. The third kappa shape index (κ3) is 4.19. The Labute approximate surface area is 195 Å². The van der Waals surface area contributed by atoms with Crippen molar-refractivity contribution >= 4 is 33.6 Å². The van der Waals surface area contributed by atoms with Crippen LogP contribution in [0.5, 0.6) is 5.75 Å². The molecule has 9 nitrogen and oxygen atoms in total. The minimum atomic E-state index is -0.181. The van der Waals surface area contributed by atoms with Crippen LogP contribution in [-0.4, -0.2) is 45.4 Å². The van der Waals surface area contributed by atoms with Crippen molar-refractivity contribution in [2.45, 2.75) is 25.5 Å². The van der Waals surface area contributed by atoms with Crippen molar-refractivity contribution in [1.29, 1.82) is 10.8 Å². The second-order valence-corrected chi connectivity index (χ2v) is 8.69. The zero-order chi connectivity index (χ0) is 23.8. The Hall–Kier alpha value is -4.27. The topological polar surface area (TPSA) is 150 Å². The first-order valence-corrected chi connectivity index (χ1v) is 11.2. The summed E-state index contributed by atoms with van der Waals surface area (Å²) in [6.07, 6.45) is 1.62. The molecule has 0 bridgehead atoms. The minimum absolute atomic E-state index is 0.0275. The van der Waals surface area contributed by atoms with Gasteiger partial charge >= 0.3 is 5.69 Å². The Morgan fingerprint density at radius 3 is 2.50 bits per heavy atom. The van der Waals surface area contributed by atoms with Gasteiger partial charge in [0.25, 0.3) is 0 Å². The van der Waals surface area contributed by atoms with Gasteiger partial charge in [0.2, 0.25) is 0 Å². The highest BCUT2D eigenvalue weighted by atomic mass is 16.5. The maximum Gasteiger partial charge on any atom is 0.326 e. The van der Waals surface area contributed by atoms with Crippen LogP contribution in [0.3, 0.4) is 0 Å². The zero-order valence-electron chi connectivity index (χ0n) is 18.7. The van der Waals surface area contributed by atoms with Crippen LogP contribution in [-0.2, 0) is 6.54 Å². The van der Waals surface area contributed by atoms with E-state index in [0.29, 0.717) is 30.9 Å². The summed E-state index contributed by atoms with van der Waals surface area (Å²) in [4.78, 5) is 17.5. The number of aromatic nitrogens is 2. The van der Waals surface area contributed by atoms with Crippen molar-refractivity contribution in [1.82, 2.24) is 14.5 Å². The van der Waals surface area contributed by atoms with Gasteiger partial charge in [0.15, 0.2) is 5.96 Å². The van der Waals surface area contributed by atoms with E-state index in [0.717, 1.165) is 40.2 Å². The molecule has 9 heteroatoms. The van der Waals surface area contributed by atoms with Gasteiger partial charge in [-0.2, -0.15) is 0 Å². The number of piperidine rings is 1. The van der Waals surface area contributed by atoms with Gasteiger partial charge in [-0.15, -0.1) is 0 Å². The van der Waals surface area contributed by atoms with E-state index in [1.54, 1.807) is 4.57 Å². The second-order valence-electron chi connectivity index (χ2n) is 8.69. The number of nitrogens with one attached hydrogen (secondary N) is 3. The van der Waals surface area contributed by atoms with Crippen LogP contribution < -0.4 is 21.9 Å². The second kappa shape index (κ2) is 8.58. The quantitative estimate of drug-likeness (QED) is 0.231. The minimum Gasteiger partial charge on any atom is -0.490 e. The molecule has 174 valence electrons. The number of nitrogens with zero attached hydrogens (tertiary/aromatic N) is 2. The molecule has 0 atom stereocenters. The molecule has 2 heterocycles. The van der Waals surface area contributed by atoms with Crippen molar-refractivity contribution in [3.63, 3.8) is 0 Å². The van der Waals surface area contributed by atoms with Gasteiger partial charge in [-0.1, -0.05) is 24.3 Å². The first kappa shape index (κ1) is 21.6. The fourth-order valence-electron chi connectivity index (χ4n) is 4.51. The Balaban J connectivity index is 1.40. The van der Waals surface area contributed by atoms with Crippen molar-refractivity contribution in [3.05, 3.63) is 76.2 Å². The summed E-state index contributed by atoms with van der Waals surface area (Å²) in [6.45, 7) is 1.80. The molecule has 1 aliphatic heterocycles. The number of H-pyrrole nitrogens is 1. The number of guanidine groups is 1. The molecule has 4 aromatic rings. The summed E-state index contributed by atoms with van der Waals surface area (Å²) in [5.74, 6) is 0.841. The Morgan fingerprint density at radius 1 is 1.00 bits per heavy atom. The zero-order valence-corrected chi connectivity index (χ0v) is 18.7. The number of aromatic amines is 1. The summed E-state index contributed by atoms with van der Waals surface area (Å²) < 4.78 is 7.90. The molecule has 1 aliphatic rings. The van der Waals surface area contributed by atoms with Gasteiger partial charge < -0.3 is 26.1 Å². The molecule has 0 radical (unpaired) electrons. The molecular weight excluding hydrogens is 430 g/mol. The van der Waals surface area contributed by atoms with Crippen LogP contribution in [0.15, 0.2) is 59.4 Å². The summed E-state index contributed by atoms with van der Waals surface area (Å²) in [5.41, 5.74) is 14.2. The molecule has 34 heavy (non-hydrogen) atoms. The molecule has 1 saturated heterocycles. The lowest BCUT2D eigenvalue weighted by Gasteiger charge is -2.32. The predicted molar refractivity (Wildman–Crippen MR) is 134 cm³/mol. The average molecular weight is 458 g/mol. The number of amidine groups is 1. The van der Waals surface area contributed by atoms with E-state index < -0.39 is 0 Å². The Morgan fingerprint density at radius 2 is 1.76 bits per heavy atom. The van der Waals surface area contributed by atoms with Gasteiger partial charge in [0, 0.05) is 37.6 Å². The van der Waals surface area contributed by atoms with Crippen LogP contribution in [0.25, 0.3) is 21.8 Å². The number of benzene rings is 3. The maximum atomic E-state index is 12.7. The van der Waals surface area contributed by atoms with Crippen molar-refractivity contribution in [2.75, 3.05) is 13.1 Å². The van der Waals surface area contributed by atoms with E-state index in [2.05, 4.69) is 4.98 Å². The number of hydrogen-bond acceptors (Lipinski definition) is 4. The number of fused-ring (bicyclic) bond motifs is 2. The van der Waals surface area contributed by atoms with Crippen molar-refractivity contribution < 1.29 is 4.74 Å². The standard InChI is InChI=1S/C25H27N7O2/c26-23(27)17-4-3-16-2-1-15(11-18(16)12-17)14-32-22-13-20(5-6-21(22)30-25(32)33)34-19-7-9-31(10-8-19)24(28)29/h1-6,11-13,19H,7-10,14H2,(H3,26,27)(H3,28,29)(H,30,33). The highest BCUT2D eigenvalue weighted by Crippen LogP contribution is 2.24. The number of hydrogen-bond donors (Lipinski definition) is 5. The smallest absolute Gasteiger partial charge is 0.326 e. The molecule has 0 amide bonds. The Kier molecular flexibility index (Phi) is 5.45. The third-order valence-electron chi connectivity index (χ3n) is 6.39.